The van der Waals surface area contributed by atoms with E-state index in [1.165, 1.54) is 6.20 Å². The number of benzene rings is 2. The Labute approximate surface area is 169 Å². The maximum atomic E-state index is 13.4. The van der Waals surface area contributed by atoms with Crippen molar-refractivity contribution >= 4 is 17.4 Å². The van der Waals surface area contributed by atoms with E-state index in [1.807, 2.05) is 44.2 Å². The largest absolute Gasteiger partial charge is 0.375 e. The second-order valence-corrected chi connectivity index (χ2v) is 7.51. The number of ketones is 1. The molecule has 0 radical (unpaired) electrons. The normalized spacial score (nSPS) is 18.0. The third-order valence-corrected chi connectivity index (χ3v) is 5.44. The highest BCUT2D eigenvalue weighted by Gasteiger charge is 2.50. The summed E-state index contributed by atoms with van der Waals surface area (Å²) in [6, 6.07) is 18.2. The zero-order valence-electron chi connectivity index (χ0n) is 16.4. The van der Waals surface area contributed by atoms with Crippen molar-refractivity contribution < 1.29 is 14.7 Å². The molecule has 1 aromatic heterocycles. The molecule has 0 saturated heterocycles. The molecule has 1 atom stereocenters. The summed E-state index contributed by atoms with van der Waals surface area (Å²) in [4.78, 5) is 31.7. The molecule has 5 nitrogen and oxygen atoms in total. The minimum absolute atomic E-state index is 0.235. The lowest BCUT2D eigenvalue weighted by atomic mass is 9.89. The van der Waals surface area contributed by atoms with Crippen LogP contribution < -0.4 is 4.90 Å². The molecule has 2 heterocycles. The van der Waals surface area contributed by atoms with Crippen molar-refractivity contribution in [3.8, 4) is 0 Å². The van der Waals surface area contributed by atoms with Crippen molar-refractivity contribution in [2.45, 2.75) is 32.4 Å². The van der Waals surface area contributed by atoms with Gasteiger partial charge >= 0.3 is 0 Å². The molecule has 5 heteroatoms. The van der Waals surface area contributed by atoms with Gasteiger partial charge in [-0.2, -0.15) is 0 Å². The van der Waals surface area contributed by atoms with Crippen molar-refractivity contribution in [3.63, 3.8) is 0 Å². The number of rotatable bonds is 5. The second-order valence-electron chi connectivity index (χ2n) is 7.51. The number of aromatic nitrogens is 1. The van der Waals surface area contributed by atoms with E-state index in [0.29, 0.717) is 17.8 Å². The van der Waals surface area contributed by atoms with E-state index in [2.05, 4.69) is 4.98 Å². The van der Waals surface area contributed by atoms with Crippen LogP contribution in [0, 0.1) is 13.8 Å². The number of pyridine rings is 1. The summed E-state index contributed by atoms with van der Waals surface area (Å²) in [6.07, 6.45) is 1.18. The molecule has 0 saturated carbocycles. The second kappa shape index (κ2) is 7.26. The lowest BCUT2D eigenvalue weighted by Crippen LogP contribution is -2.41. The molecule has 3 aromatic rings. The first-order valence-corrected chi connectivity index (χ1v) is 9.54. The first-order chi connectivity index (χ1) is 13.9. The Kier molecular flexibility index (Phi) is 4.76. The predicted molar refractivity (Wildman–Crippen MR) is 111 cm³/mol. The Bertz CT molecular complexity index is 1090. The van der Waals surface area contributed by atoms with Crippen molar-refractivity contribution in [1.29, 1.82) is 0 Å². The zero-order chi connectivity index (χ0) is 20.6. The van der Waals surface area contributed by atoms with Gasteiger partial charge in [0, 0.05) is 11.8 Å². The average Bonchev–Trinajstić information content (AvgIpc) is 2.93. The number of aliphatic hydroxyl groups is 1. The van der Waals surface area contributed by atoms with Crippen LogP contribution in [0.3, 0.4) is 0 Å². The van der Waals surface area contributed by atoms with Gasteiger partial charge in [0.15, 0.2) is 11.4 Å². The monoisotopic (exact) mass is 386 g/mol. The van der Waals surface area contributed by atoms with E-state index in [0.717, 1.165) is 16.7 Å². The van der Waals surface area contributed by atoms with Crippen molar-refractivity contribution in [2.24, 2.45) is 0 Å². The summed E-state index contributed by atoms with van der Waals surface area (Å²) < 4.78 is 0. The molecule has 2 aromatic carbocycles. The molecule has 29 heavy (non-hydrogen) atoms. The third-order valence-electron chi connectivity index (χ3n) is 5.44. The van der Waals surface area contributed by atoms with Crippen LogP contribution in [-0.4, -0.2) is 21.8 Å². The van der Waals surface area contributed by atoms with Gasteiger partial charge in [-0.1, -0.05) is 48.0 Å². The van der Waals surface area contributed by atoms with E-state index in [1.54, 1.807) is 35.2 Å². The van der Waals surface area contributed by atoms with Gasteiger partial charge in [-0.3, -0.25) is 14.6 Å². The maximum Gasteiger partial charge on any atom is 0.264 e. The van der Waals surface area contributed by atoms with Gasteiger partial charge in [-0.15, -0.1) is 0 Å². The lowest BCUT2D eigenvalue weighted by molar-refractivity contribution is -0.136. The lowest BCUT2D eigenvalue weighted by Gasteiger charge is -2.23. The van der Waals surface area contributed by atoms with Gasteiger partial charge in [0.2, 0.25) is 0 Å². The molecule has 1 aliphatic rings. The molecular formula is C24H22N2O3. The minimum Gasteiger partial charge on any atom is -0.375 e. The van der Waals surface area contributed by atoms with Crippen LogP contribution in [0.5, 0.6) is 0 Å². The topological polar surface area (TPSA) is 70.5 Å². The predicted octanol–water partition coefficient (Wildman–Crippen LogP) is 3.71. The van der Waals surface area contributed by atoms with E-state index in [9.17, 15) is 14.7 Å². The summed E-state index contributed by atoms with van der Waals surface area (Å²) in [5.41, 5.74) is 2.61. The van der Waals surface area contributed by atoms with Crippen molar-refractivity contribution in [1.82, 2.24) is 4.98 Å². The van der Waals surface area contributed by atoms with Gasteiger partial charge in [0.1, 0.15) is 5.69 Å². The fourth-order valence-electron chi connectivity index (χ4n) is 3.83. The first kappa shape index (κ1) is 19.0. The standard InChI is InChI=1S/C24H22N2O3/c1-16-10-11-17(2)18(13-16)15-26-21-9-4-3-7-19(21)24(29,23(26)28)14-22(27)20-8-5-6-12-25-20/h3-13,29H,14-15H2,1-2H3/t24-/m0/s1. The van der Waals surface area contributed by atoms with E-state index >= 15 is 0 Å². The number of hydrogen-bond donors (Lipinski definition) is 1. The van der Waals surface area contributed by atoms with Crippen LogP contribution in [0.25, 0.3) is 0 Å². The molecule has 1 aliphatic heterocycles. The number of fused-ring (bicyclic) bond motifs is 1. The molecule has 0 fully saturated rings. The van der Waals surface area contributed by atoms with Gasteiger partial charge in [0.25, 0.3) is 5.91 Å². The van der Waals surface area contributed by atoms with Crippen molar-refractivity contribution in [3.05, 3.63) is 94.8 Å². The number of Topliss-reactive ketones (excluding diaryl/α,β-unsaturated/α-hetero) is 1. The summed E-state index contributed by atoms with van der Waals surface area (Å²) in [6.45, 7) is 4.34. The molecular weight excluding hydrogens is 364 g/mol. The molecule has 0 bridgehead atoms. The van der Waals surface area contributed by atoms with Crippen LogP contribution >= 0.6 is 0 Å². The third kappa shape index (κ3) is 3.34. The smallest absolute Gasteiger partial charge is 0.264 e. The SMILES string of the molecule is Cc1ccc(C)c(CN2C(=O)[C@](O)(CC(=O)c3ccccn3)c3ccccc32)c1. The summed E-state index contributed by atoms with van der Waals surface area (Å²) in [5.74, 6) is -0.853. The highest BCUT2D eigenvalue weighted by Crippen LogP contribution is 2.43. The first-order valence-electron chi connectivity index (χ1n) is 9.54. The van der Waals surface area contributed by atoms with Crippen LogP contribution in [-0.2, 0) is 16.9 Å². The summed E-state index contributed by atoms with van der Waals surface area (Å²) in [5, 5.41) is 11.4. The van der Waals surface area contributed by atoms with Crippen LogP contribution in [0.2, 0.25) is 0 Å². The molecule has 146 valence electrons. The molecule has 0 unspecified atom stereocenters. The number of anilines is 1. The van der Waals surface area contributed by atoms with Gasteiger partial charge in [-0.05, 0) is 43.2 Å². The number of aryl methyl sites for hydroxylation is 2. The Hall–Kier alpha value is -3.31. The molecule has 0 spiro atoms. The number of carbonyl (C=O) groups excluding carboxylic acids is 2. The minimum atomic E-state index is -1.90. The molecule has 4 rings (SSSR count). The van der Waals surface area contributed by atoms with Crippen LogP contribution in [0.1, 0.15) is 39.2 Å². The fraction of sp³-hybridized carbons (Fsp3) is 0.208. The summed E-state index contributed by atoms with van der Waals surface area (Å²) in [7, 11) is 0. The van der Waals surface area contributed by atoms with Gasteiger partial charge < -0.3 is 10.0 Å². The number of carbonyl (C=O) groups is 2. The quantitative estimate of drug-likeness (QED) is 0.679. The Balaban J connectivity index is 1.71. The number of amides is 1. The van der Waals surface area contributed by atoms with E-state index in [-0.39, 0.29) is 17.9 Å². The highest BCUT2D eigenvalue weighted by molar-refractivity contribution is 6.10. The fourth-order valence-corrected chi connectivity index (χ4v) is 3.83. The molecule has 0 aliphatic carbocycles. The number of para-hydroxylation sites is 1. The van der Waals surface area contributed by atoms with Gasteiger partial charge in [-0.25, -0.2) is 0 Å². The number of hydrogen-bond acceptors (Lipinski definition) is 4. The molecule has 1 amide bonds. The van der Waals surface area contributed by atoms with Crippen LogP contribution in [0.15, 0.2) is 66.9 Å². The van der Waals surface area contributed by atoms with Crippen LogP contribution in [0.4, 0.5) is 5.69 Å². The Morgan fingerprint density at radius 1 is 1.07 bits per heavy atom. The molecule has 1 N–H and O–H groups in total. The number of nitrogens with zero attached hydrogens (tertiary/aromatic N) is 2. The van der Waals surface area contributed by atoms with Crippen molar-refractivity contribution in [2.75, 3.05) is 4.90 Å². The average molecular weight is 386 g/mol. The maximum absolute atomic E-state index is 13.4. The van der Waals surface area contributed by atoms with E-state index in [4.69, 9.17) is 0 Å². The highest BCUT2D eigenvalue weighted by atomic mass is 16.3. The summed E-state index contributed by atoms with van der Waals surface area (Å²) >= 11 is 0. The zero-order valence-corrected chi connectivity index (χ0v) is 16.4. The van der Waals surface area contributed by atoms with Gasteiger partial charge in [0.05, 0.1) is 18.7 Å². The Morgan fingerprint density at radius 2 is 1.83 bits per heavy atom. The van der Waals surface area contributed by atoms with E-state index < -0.39 is 11.5 Å². The Morgan fingerprint density at radius 3 is 2.59 bits per heavy atom.